The molecule has 1 aromatic heterocycles. The van der Waals surface area contributed by atoms with Gasteiger partial charge in [0.25, 0.3) is 0 Å². The molecule has 2 aliphatic heterocycles. The Balaban J connectivity index is 1.63. The zero-order valence-electron chi connectivity index (χ0n) is 18.3. The Morgan fingerprint density at radius 2 is 1.85 bits per heavy atom. The van der Waals surface area contributed by atoms with Crippen molar-refractivity contribution < 1.29 is 37.0 Å². The summed E-state index contributed by atoms with van der Waals surface area (Å²) in [6, 6.07) is 7.86. The van der Waals surface area contributed by atoms with Crippen molar-refractivity contribution in [3.8, 4) is 23.3 Å². The quantitative estimate of drug-likeness (QED) is 0.604. The molecule has 12 heteroatoms. The lowest BCUT2D eigenvalue weighted by atomic mass is 10.1. The van der Waals surface area contributed by atoms with Crippen LogP contribution in [-0.2, 0) is 19.6 Å². The molecule has 0 spiro atoms. The highest BCUT2D eigenvalue weighted by Crippen LogP contribution is 2.37. The topological polar surface area (TPSA) is 125 Å². The summed E-state index contributed by atoms with van der Waals surface area (Å²) in [7, 11) is -1.36. The molecule has 1 atom stereocenters. The van der Waals surface area contributed by atoms with Gasteiger partial charge in [-0.3, -0.25) is 9.59 Å². The summed E-state index contributed by atoms with van der Waals surface area (Å²) in [6.45, 7) is 0.846. The molecular weight excluding hydrogens is 454 g/mol. The van der Waals surface area contributed by atoms with Crippen molar-refractivity contribution in [1.82, 2.24) is 4.98 Å². The van der Waals surface area contributed by atoms with Crippen LogP contribution in [0.4, 0.5) is 11.4 Å². The molecule has 0 bridgehead atoms. The van der Waals surface area contributed by atoms with E-state index >= 15 is 0 Å². The molecule has 0 aliphatic carbocycles. The van der Waals surface area contributed by atoms with Crippen LogP contribution in [0, 0.1) is 5.92 Å². The standard InChI is InChI=1S/C21H23N3O8S/c1-29-18-7-5-15(20(22-18)30-2)24(33(3,27)28)21(26)13-10-19(25)23(12-13)14-4-6-16-17(11-14)32-9-8-31-16/h4-7,11,13H,8-10,12H2,1-3H3. The van der Waals surface area contributed by atoms with Crippen LogP contribution in [0.25, 0.3) is 0 Å². The van der Waals surface area contributed by atoms with Crippen molar-refractivity contribution in [2.75, 3.05) is 49.4 Å². The summed E-state index contributed by atoms with van der Waals surface area (Å²) in [4.78, 5) is 31.6. The van der Waals surface area contributed by atoms with Gasteiger partial charge in [0.15, 0.2) is 11.5 Å². The van der Waals surface area contributed by atoms with Crippen molar-refractivity contribution in [2.45, 2.75) is 6.42 Å². The van der Waals surface area contributed by atoms with Crippen molar-refractivity contribution in [2.24, 2.45) is 5.92 Å². The second-order valence-electron chi connectivity index (χ2n) is 7.48. The molecule has 4 rings (SSSR count). The summed E-state index contributed by atoms with van der Waals surface area (Å²) >= 11 is 0. The van der Waals surface area contributed by atoms with Crippen LogP contribution in [-0.4, -0.2) is 65.5 Å². The summed E-state index contributed by atoms with van der Waals surface area (Å²) < 4.78 is 47.1. The molecule has 0 radical (unpaired) electrons. The second-order valence-corrected chi connectivity index (χ2v) is 9.31. The van der Waals surface area contributed by atoms with Crippen molar-refractivity contribution in [1.29, 1.82) is 0 Å². The van der Waals surface area contributed by atoms with Gasteiger partial charge in [-0.2, -0.15) is 4.98 Å². The molecule has 2 amide bonds. The highest BCUT2D eigenvalue weighted by molar-refractivity contribution is 7.92. The number of sulfonamides is 1. The van der Waals surface area contributed by atoms with Gasteiger partial charge in [0.1, 0.15) is 18.9 Å². The number of aromatic nitrogens is 1. The number of hydrogen-bond acceptors (Lipinski definition) is 9. The van der Waals surface area contributed by atoms with Crippen LogP contribution < -0.4 is 28.2 Å². The van der Waals surface area contributed by atoms with E-state index < -0.39 is 21.8 Å². The minimum Gasteiger partial charge on any atom is -0.486 e. The number of methoxy groups -OCH3 is 2. The average molecular weight is 477 g/mol. The third kappa shape index (κ3) is 4.38. The van der Waals surface area contributed by atoms with Gasteiger partial charge in [0.2, 0.25) is 33.6 Å². The monoisotopic (exact) mass is 477 g/mol. The lowest BCUT2D eigenvalue weighted by molar-refractivity contribution is -0.123. The number of nitrogens with zero attached hydrogens (tertiary/aromatic N) is 3. The molecule has 2 aromatic rings. The average Bonchev–Trinajstić information content (AvgIpc) is 3.19. The molecule has 2 aliphatic rings. The van der Waals surface area contributed by atoms with Gasteiger partial charge >= 0.3 is 0 Å². The molecule has 3 heterocycles. The predicted octanol–water partition coefficient (Wildman–Crippen LogP) is 1.22. The number of pyridine rings is 1. The second kappa shape index (κ2) is 8.77. The van der Waals surface area contributed by atoms with Crippen molar-refractivity contribution in [3.63, 3.8) is 0 Å². The molecule has 176 valence electrons. The number of anilines is 2. The first-order valence-corrected chi connectivity index (χ1v) is 11.9. The fourth-order valence-corrected chi connectivity index (χ4v) is 4.76. The highest BCUT2D eigenvalue weighted by Gasteiger charge is 2.41. The van der Waals surface area contributed by atoms with Gasteiger partial charge in [0, 0.05) is 30.8 Å². The van der Waals surface area contributed by atoms with Gasteiger partial charge in [-0.25, -0.2) is 12.7 Å². The summed E-state index contributed by atoms with van der Waals surface area (Å²) in [5, 5.41) is 0. The van der Waals surface area contributed by atoms with E-state index in [-0.39, 0.29) is 36.3 Å². The lowest BCUT2D eigenvalue weighted by Crippen LogP contribution is -2.41. The van der Waals surface area contributed by atoms with Crippen LogP contribution in [0.15, 0.2) is 30.3 Å². The van der Waals surface area contributed by atoms with Crippen LogP contribution in [0.1, 0.15) is 6.42 Å². The SMILES string of the molecule is COc1ccc(N(C(=O)C2CC(=O)N(c3ccc4c(c3)OCCO4)C2)S(C)(=O)=O)c(OC)n1. The third-order valence-electron chi connectivity index (χ3n) is 5.28. The van der Waals surface area contributed by atoms with Gasteiger partial charge in [-0.05, 0) is 18.2 Å². The van der Waals surface area contributed by atoms with E-state index in [4.69, 9.17) is 18.9 Å². The third-order valence-corrected chi connectivity index (χ3v) is 6.32. The van der Waals surface area contributed by atoms with Crippen LogP contribution in [0.3, 0.4) is 0 Å². The van der Waals surface area contributed by atoms with E-state index in [1.165, 1.54) is 31.3 Å². The minimum atomic E-state index is -4.06. The molecular formula is C21H23N3O8S. The number of hydrogen-bond donors (Lipinski definition) is 0. The lowest BCUT2D eigenvalue weighted by Gasteiger charge is -2.25. The maximum Gasteiger partial charge on any atom is 0.246 e. The largest absolute Gasteiger partial charge is 0.486 e. The number of amides is 2. The molecule has 33 heavy (non-hydrogen) atoms. The maximum absolute atomic E-state index is 13.4. The molecule has 1 unspecified atom stereocenters. The van der Waals surface area contributed by atoms with Gasteiger partial charge in [-0.1, -0.05) is 0 Å². The number of carbonyl (C=O) groups is 2. The molecule has 11 nitrogen and oxygen atoms in total. The highest BCUT2D eigenvalue weighted by atomic mass is 32.2. The van der Waals surface area contributed by atoms with E-state index in [2.05, 4.69) is 4.98 Å². The van der Waals surface area contributed by atoms with Crippen LogP contribution >= 0.6 is 0 Å². The number of carbonyl (C=O) groups excluding carboxylic acids is 2. The summed E-state index contributed by atoms with van der Waals surface area (Å²) in [5.41, 5.74) is 0.477. The van der Waals surface area contributed by atoms with Gasteiger partial charge in [-0.15, -0.1) is 0 Å². The van der Waals surface area contributed by atoms with Crippen molar-refractivity contribution >= 4 is 33.2 Å². The number of benzene rings is 1. The number of fused-ring (bicyclic) bond motifs is 1. The van der Waals surface area contributed by atoms with Gasteiger partial charge < -0.3 is 23.8 Å². The Labute approximate surface area is 190 Å². The fraction of sp³-hybridized carbons (Fsp3) is 0.381. The van der Waals surface area contributed by atoms with Gasteiger partial charge in [0.05, 0.1) is 26.4 Å². The smallest absolute Gasteiger partial charge is 0.246 e. The first-order valence-electron chi connectivity index (χ1n) is 10.1. The fourth-order valence-electron chi connectivity index (χ4n) is 3.78. The Bertz CT molecular complexity index is 1200. The number of ether oxygens (including phenoxy) is 4. The summed E-state index contributed by atoms with van der Waals surface area (Å²) in [6.07, 6.45) is 0.759. The molecule has 1 saturated heterocycles. The predicted molar refractivity (Wildman–Crippen MR) is 118 cm³/mol. The van der Waals surface area contributed by atoms with Crippen molar-refractivity contribution in [3.05, 3.63) is 30.3 Å². The molecule has 1 aromatic carbocycles. The first kappa shape index (κ1) is 22.6. The Morgan fingerprint density at radius 3 is 2.52 bits per heavy atom. The van der Waals surface area contributed by atoms with E-state index in [1.807, 2.05) is 0 Å². The zero-order valence-corrected chi connectivity index (χ0v) is 19.1. The van der Waals surface area contributed by atoms with E-state index in [0.717, 1.165) is 6.26 Å². The van der Waals surface area contributed by atoms with E-state index in [0.29, 0.717) is 34.7 Å². The van der Waals surface area contributed by atoms with E-state index in [9.17, 15) is 18.0 Å². The number of rotatable bonds is 6. The first-order chi connectivity index (χ1) is 15.7. The molecule has 1 fully saturated rings. The Kier molecular flexibility index (Phi) is 6.02. The zero-order chi connectivity index (χ0) is 23.8. The Morgan fingerprint density at radius 1 is 1.12 bits per heavy atom. The minimum absolute atomic E-state index is 0.00916. The van der Waals surface area contributed by atoms with Crippen LogP contribution in [0.5, 0.6) is 23.3 Å². The van der Waals surface area contributed by atoms with E-state index in [1.54, 1.807) is 18.2 Å². The van der Waals surface area contributed by atoms with Crippen LogP contribution in [0.2, 0.25) is 0 Å². The maximum atomic E-state index is 13.4. The Hall–Kier alpha value is -3.54. The molecule has 0 N–H and O–H groups in total. The normalized spacial score (nSPS) is 17.6. The summed E-state index contributed by atoms with van der Waals surface area (Å²) in [5.74, 6) is -0.778. The molecule has 0 saturated carbocycles.